The molecule has 0 aliphatic rings. The van der Waals surface area contributed by atoms with Crippen LogP contribution in [0.5, 0.6) is 0 Å². The summed E-state index contributed by atoms with van der Waals surface area (Å²) in [6.07, 6.45) is 2.04. The highest BCUT2D eigenvalue weighted by Gasteiger charge is 2.17. The molecule has 0 aliphatic heterocycles. The van der Waals surface area contributed by atoms with Crippen molar-refractivity contribution in [3.8, 4) is 11.4 Å². The number of hydrogen-bond donors (Lipinski definition) is 0. The highest BCUT2D eigenvalue weighted by molar-refractivity contribution is 5.87. The molecule has 30 heavy (non-hydrogen) atoms. The monoisotopic (exact) mass is 393 g/mol. The lowest BCUT2D eigenvalue weighted by Crippen LogP contribution is -2.05. The molecule has 0 saturated heterocycles. The second kappa shape index (κ2) is 7.45. The van der Waals surface area contributed by atoms with E-state index in [1.165, 1.54) is 16.6 Å². The molecule has 0 aliphatic carbocycles. The molecule has 0 spiro atoms. The minimum absolute atomic E-state index is 0.811. The summed E-state index contributed by atoms with van der Waals surface area (Å²) in [5.41, 5.74) is 8.00. The summed E-state index contributed by atoms with van der Waals surface area (Å²) in [5.74, 6) is 2.13. The molecule has 0 bridgehead atoms. The number of rotatable bonds is 5. The van der Waals surface area contributed by atoms with Gasteiger partial charge in [-0.15, -0.1) is 0 Å². The van der Waals surface area contributed by atoms with Gasteiger partial charge in [0.05, 0.1) is 22.1 Å². The van der Waals surface area contributed by atoms with Gasteiger partial charge >= 0.3 is 0 Å². The second-order valence-corrected chi connectivity index (χ2v) is 7.92. The van der Waals surface area contributed by atoms with Crippen molar-refractivity contribution >= 4 is 22.1 Å². The Bertz CT molecular complexity index is 1340. The molecule has 4 heteroatoms. The van der Waals surface area contributed by atoms with Crippen molar-refractivity contribution in [3.05, 3.63) is 83.7 Å². The maximum absolute atomic E-state index is 5.03. The van der Waals surface area contributed by atoms with Crippen LogP contribution in [-0.2, 0) is 20.0 Å². The first-order valence-corrected chi connectivity index (χ1v) is 10.5. The Hall–Kier alpha value is -3.40. The van der Waals surface area contributed by atoms with Gasteiger partial charge in [0.25, 0.3) is 0 Å². The van der Waals surface area contributed by atoms with E-state index in [9.17, 15) is 0 Å². The SMILES string of the molecule is CCCc1nc2c(C)cc(-c3nc4ccccc4n3C)cc2n1Cc1cc[c]cc1. The van der Waals surface area contributed by atoms with Crippen LogP contribution in [0.2, 0.25) is 0 Å². The summed E-state index contributed by atoms with van der Waals surface area (Å²) in [5, 5.41) is 0. The third-order valence-electron chi connectivity index (χ3n) is 5.77. The Morgan fingerprint density at radius 2 is 1.77 bits per heavy atom. The lowest BCUT2D eigenvalue weighted by atomic mass is 10.1. The van der Waals surface area contributed by atoms with Crippen molar-refractivity contribution in [3.63, 3.8) is 0 Å². The van der Waals surface area contributed by atoms with Gasteiger partial charge < -0.3 is 9.13 Å². The van der Waals surface area contributed by atoms with E-state index in [-0.39, 0.29) is 0 Å². The summed E-state index contributed by atoms with van der Waals surface area (Å²) in [7, 11) is 2.09. The molecule has 1 radical (unpaired) electrons. The largest absolute Gasteiger partial charge is 0.327 e. The van der Waals surface area contributed by atoms with E-state index < -0.39 is 0 Å². The highest BCUT2D eigenvalue weighted by Crippen LogP contribution is 2.30. The molecule has 0 N–H and O–H groups in total. The van der Waals surface area contributed by atoms with Crippen molar-refractivity contribution in [2.45, 2.75) is 33.2 Å². The van der Waals surface area contributed by atoms with Crippen LogP contribution >= 0.6 is 0 Å². The predicted molar refractivity (Wildman–Crippen MR) is 123 cm³/mol. The third kappa shape index (κ3) is 3.09. The van der Waals surface area contributed by atoms with Crippen LogP contribution in [0.1, 0.15) is 30.3 Å². The van der Waals surface area contributed by atoms with Gasteiger partial charge in [-0.1, -0.05) is 43.3 Å². The molecule has 149 valence electrons. The van der Waals surface area contributed by atoms with E-state index in [4.69, 9.17) is 9.97 Å². The number of para-hydroxylation sites is 2. The standard InChI is InChI=1S/C26H25N4/c1-4-10-24-28-25-18(2)15-20(26-27-21-13-8-9-14-22(21)29(26)3)16-23(25)30(24)17-19-11-6-5-7-12-19/h6-9,11-16H,4,10,17H2,1-3H3. The van der Waals surface area contributed by atoms with Crippen molar-refractivity contribution in [2.75, 3.05) is 0 Å². The molecule has 2 aromatic heterocycles. The molecule has 5 aromatic rings. The van der Waals surface area contributed by atoms with Crippen molar-refractivity contribution in [2.24, 2.45) is 7.05 Å². The number of aryl methyl sites for hydroxylation is 3. The fourth-order valence-corrected chi connectivity index (χ4v) is 4.27. The normalized spacial score (nSPS) is 11.6. The quantitative estimate of drug-likeness (QED) is 0.384. The molecular formula is C26H25N4. The molecule has 5 rings (SSSR count). The topological polar surface area (TPSA) is 35.6 Å². The first kappa shape index (κ1) is 18.6. The molecule has 0 saturated carbocycles. The molecule has 0 atom stereocenters. The smallest absolute Gasteiger partial charge is 0.140 e. The van der Waals surface area contributed by atoms with Crippen molar-refractivity contribution < 1.29 is 0 Å². The van der Waals surface area contributed by atoms with Gasteiger partial charge in [-0.2, -0.15) is 0 Å². The van der Waals surface area contributed by atoms with Gasteiger partial charge in [0, 0.05) is 25.6 Å². The summed E-state index contributed by atoms with van der Waals surface area (Å²) in [4.78, 5) is 9.94. The van der Waals surface area contributed by atoms with Gasteiger partial charge in [0.2, 0.25) is 0 Å². The summed E-state index contributed by atoms with van der Waals surface area (Å²) < 4.78 is 4.55. The van der Waals surface area contributed by atoms with E-state index >= 15 is 0 Å². The molecule has 2 heterocycles. The first-order valence-electron chi connectivity index (χ1n) is 10.5. The minimum Gasteiger partial charge on any atom is -0.327 e. The second-order valence-electron chi connectivity index (χ2n) is 7.92. The van der Waals surface area contributed by atoms with Crippen LogP contribution in [0.3, 0.4) is 0 Å². The Balaban J connectivity index is 1.71. The number of fused-ring (bicyclic) bond motifs is 2. The van der Waals surface area contributed by atoms with Crippen LogP contribution in [0.25, 0.3) is 33.5 Å². The van der Waals surface area contributed by atoms with E-state index in [2.05, 4.69) is 78.6 Å². The van der Waals surface area contributed by atoms with Crippen LogP contribution < -0.4 is 0 Å². The fourth-order valence-electron chi connectivity index (χ4n) is 4.27. The average Bonchev–Trinajstić information content (AvgIpc) is 3.28. The van der Waals surface area contributed by atoms with Crippen LogP contribution in [0.15, 0.2) is 60.7 Å². The number of benzene rings is 3. The van der Waals surface area contributed by atoms with Gasteiger partial charge in [0.15, 0.2) is 0 Å². The van der Waals surface area contributed by atoms with E-state index in [1.54, 1.807) is 0 Å². The van der Waals surface area contributed by atoms with Gasteiger partial charge in [-0.25, -0.2) is 9.97 Å². The lowest BCUT2D eigenvalue weighted by Gasteiger charge is -2.10. The zero-order valence-electron chi connectivity index (χ0n) is 17.7. The summed E-state index contributed by atoms with van der Waals surface area (Å²) >= 11 is 0. The number of hydrogen-bond acceptors (Lipinski definition) is 2. The summed E-state index contributed by atoms with van der Waals surface area (Å²) in [6, 6.07) is 24.1. The van der Waals surface area contributed by atoms with Crippen LogP contribution in [-0.4, -0.2) is 19.1 Å². The van der Waals surface area contributed by atoms with Gasteiger partial charge in [-0.05, 0) is 54.8 Å². The number of nitrogens with zero attached hydrogens (tertiary/aromatic N) is 4. The van der Waals surface area contributed by atoms with Gasteiger partial charge in [-0.3, -0.25) is 0 Å². The molecule has 3 aromatic carbocycles. The molecular weight excluding hydrogens is 368 g/mol. The minimum atomic E-state index is 0.811. The van der Waals surface area contributed by atoms with Crippen LogP contribution in [0.4, 0.5) is 0 Å². The Morgan fingerprint density at radius 3 is 2.53 bits per heavy atom. The van der Waals surface area contributed by atoms with Gasteiger partial charge in [0.1, 0.15) is 11.6 Å². The third-order valence-corrected chi connectivity index (χ3v) is 5.77. The Morgan fingerprint density at radius 1 is 0.967 bits per heavy atom. The van der Waals surface area contributed by atoms with E-state index in [1.807, 2.05) is 18.2 Å². The first-order chi connectivity index (χ1) is 14.7. The predicted octanol–water partition coefficient (Wildman–Crippen LogP) is 5.70. The molecule has 0 fully saturated rings. The molecule has 0 amide bonds. The average molecular weight is 394 g/mol. The zero-order valence-corrected chi connectivity index (χ0v) is 17.7. The van der Waals surface area contributed by atoms with Crippen molar-refractivity contribution in [1.82, 2.24) is 19.1 Å². The highest BCUT2D eigenvalue weighted by atomic mass is 15.1. The number of imidazole rings is 2. The van der Waals surface area contributed by atoms with E-state index in [0.717, 1.165) is 53.1 Å². The fraction of sp³-hybridized carbons (Fsp3) is 0.231. The Labute approximate surface area is 176 Å². The maximum atomic E-state index is 5.03. The number of aromatic nitrogens is 4. The summed E-state index contributed by atoms with van der Waals surface area (Å²) in [6.45, 7) is 5.17. The lowest BCUT2D eigenvalue weighted by molar-refractivity contribution is 0.722. The molecule has 4 nitrogen and oxygen atoms in total. The van der Waals surface area contributed by atoms with Crippen LogP contribution in [0, 0.1) is 13.0 Å². The van der Waals surface area contributed by atoms with Crippen molar-refractivity contribution in [1.29, 1.82) is 0 Å². The van der Waals surface area contributed by atoms with E-state index in [0.29, 0.717) is 0 Å². The molecule has 0 unspecified atom stereocenters. The maximum Gasteiger partial charge on any atom is 0.140 e. The zero-order chi connectivity index (χ0) is 20.7. The Kier molecular flexibility index (Phi) is 4.62.